The second-order valence-corrected chi connectivity index (χ2v) is 4.97. The fraction of sp³-hybridized carbons (Fsp3) is 0.133. The van der Waals surface area contributed by atoms with Crippen LogP contribution in [-0.2, 0) is 4.84 Å². The van der Waals surface area contributed by atoms with Crippen LogP contribution in [0.25, 0.3) is 11.4 Å². The van der Waals surface area contributed by atoms with E-state index in [0.29, 0.717) is 17.1 Å². The summed E-state index contributed by atoms with van der Waals surface area (Å²) >= 11 is 0. The minimum atomic E-state index is -0.436. The van der Waals surface area contributed by atoms with Crippen LogP contribution in [-0.4, -0.2) is 32.9 Å². The van der Waals surface area contributed by atoms with Gasteiger partial charge in [-0.25, -0.2) is 4.39 Å². The Morgan fingerprint density at radius 3 is 2.88 bits per heavy atom. The molecule has 0 spiro atoms. The van der Waals surface area contributed by atoms with Gasteiger partial charge < -0.3 is 9.26 Å². The molecule has 1 N–H and O–H groups in total. The molecule has 2 aromatic heterocycles. The maximum absolute atomic E-state index is 14.3. The van der Waals surface area contributed by atoms with Crippen molar-refractivity contribution in [2.75, 3.05) is 6.61 Å². The topological polar surface area (TPSA) is 87.2 Å². The maximum Gasteiger partial charge on any atom is 0.254 e. The average Bonchev–Trinajstić information content (AvgIpc) is 3.34. The molecular formula is C15H12FN5O3. The molecule has 1 aliphatic heterocycles. The number of nitrogens with one attached hydrogen (secondary N) is 1. The molecule has 122 valence electrons. The molecule has 9 heteroatoms. The van der Waals surface area contributed by atoms with Crippen LogP contribution in [0.15, 0.2) is 53.5 Å². The van der Waals surface area contributed by atoms with E-state index in [2.05, 4.69) is 25.4 Å². The van der Waals surface area contributed by atoms with E-state index < -0.39 is 5.82 Å². The summed E-state index contributed by atoms with van der Waals surface area (Å²) in [6.07, 6.45) is 5.88. The molecule has 3 heterocycles. The van der Waals surface area contributed by atoms with Crippen LogP contribution < -0.4 is 10.2 Å². The van der Waals surface area contributed by atoms with Gasteiger partial charge in [-0.3, -0.25) is 10.3 Å². The first-order valence-electron chi connectivity index (χ1n) is 7.13. The lowest BCUT2D eigenvalue weighted by Gasteiger charge is -2.07. The summed E-state index contributed by atoms with van der Waals surface area (Å²) in [5, 5.41) is 11.5. The standard InChI is InChI=1S/C15H12FN5O3/c16-12-7-10(1-2-14(12)21-17-4-5-18-21)13-8-11(24-19-13)9-22-15-3-6-23-20-15/h1-8,11,19H,9H2. The Kier molecular flexibility index (Phi) is 3.67. The highest BCUT2D eigenvalue weighted by Crippen LogP contribution is 2.22. The van der Waals surface area contributed by atoms with Gasteiger partial charge in [-0.2, -0.15) is 10.2 Å². The van der Waals surface area contributed by atoms with E-state index in [1.807, 2.05) is 0 Å². The highest BCUT2D eigenvalue weighted by atomic mass is 19.1. The zero-order valence-corrected chi connectivity index (χ0v) is 12.3. The minimum absolute atomic E-state index is 0.251. The van der Waals surface area contributed by atoms with Crippen LogP contribution in [0.4, 0.5) is 4.39 Å². The molecule has 0 bridgehead atoms. The third-order valence-electron chi connectivity index (χ3n) is 3.38. The molecule has 1 aromatic carbocycles. The summed E-state index contributed by atoms with van der Waals surface area (Å²) in [6.45, 7) is 0.251. The quantitative estimate of drug-likeness (QED) is 0.762. The molecule has 8 nitrogen and oxygen atoms in total. The zero-order valence-electron chi connectivity index (χ0n) is 12.3. The highest BCUT2D eigenvalue weighted by Gasteiger charge is 2.20. The lowest BCUT2D eigenvalue weighted by atomic mass is 10.1. The predicted octanol–water partition coefficient (Wildman–Crippen LogP) is 1.72. The first-order chi connectivity index (χ1) is 11.8. The normalized spacial score (nSPS) is 16.7. The summed E-state index contributed by atoms with van der Waals surface area (Å²) < 4.78 is 24.3. The van der Waals surface area contributed by atoms with Gasteiger partial charge in [-0.05, 0) is 23.4 Å². The van der Waals surface area contributed by atoms with Gasteiger partial charge in [-0.15, -0.1) is 4.80 Å². The third kappa shape index (κ3) is 2.84. The van der Waals surface area contributed by atoms with E-state index >= 15 is 0 Å². The molecule has 0 saturated heterocycles. The van der Waals surface area contributed by atoms with E-state index in [-0.39, 0.29) is 18.4 Å². The van der Waals surface area contributed by atoms with Crippen molar-refractivity contribution in [3.63, 3.8) is 0 Å². The van der Waals surface area contributed by atoms with Crippen molar-refractivity contribution >= 4 is 5.70 Å². The molecule has 24 heavy (non-hydrogen) atoms. The van der Waals surface area contributed by atoms with Crippen LogP contribution in [0.1, 0.15) is 5.56 Å². The Hall–Kier alpha value is -3.20. The molecule has 0 amide bonds. The fourth-order valence-electron chi connectivity index (χ4n) is 2.25. The third-order valence-corrected chi connectivity index (χ3v) is 3.38. The summed E-state index contributed by atoms with van der Waals surface area (Å²) in [7, 11) is 0. The summed E-state index contributed by atoms with van der Waals surface area (Å²) in [5.41, 5.74) is 4.34. The second kappa shape index (κ2) is 6.13. The molecule has 0 radical (unpaired) electrons. The van der Waals surface area contributed by atoms with Crippen LogP contribution in [0.3, 0.4) is 0 Å². The fourth-order valence-corrected chi connectivity index (χ4v) is 2.25. The van der Waals surface area contributed by atoms with Gasteiger partial charge >= 0.3 is 0 Å². The van der Waals surface area contributed by atoms with Crippen molar-refractivity contribution in [2.45, 2.75) is 6.10 Å². The van der Waals surface area contributed by atoms with Gasteiger partial charge in [0.2, 0.25) is 0 Å². The van der Waals surface area contributed by atoms with E-state index in [0.717, 1.165) is 0 Å². The van der Waals surface area contributed by atoms with Gasteiger partial charge in [0.05, 0.1) is 18.1 Å². The number of halogens is 1. The molecule has 1 unspecified atom stereocenters. The molecule has 4 rings (SSSR count). The van der Waals surface area contributed by atoms with Crippen LogP contribution in [0.2, 0.25) is 0 Å². The molecule has 0 aliphatic carbocycles. The van der Waals surface area contributed by atoms with Gasteiger partial charge in [0.25, 0.3) is 5.88 Å². The van der Waals surface area contributed by atoms with Crippen LogP contribution in [0.5, 0.6) is 5.88 Å². The number of nitrogens with zero attached hydrogens (tertiary/aromatic N) is 4. The van der Waals surface area contributed by atoms with Crippen molar-refractivity contribution in [1.29, 1.82) is 0 Å². The van der Waals surface area contributed by atoms with Crippen LogP contribution >= 0.6 is 0 Å². The molecule has 1 aliphatic rings. The Bertz CT molecular complexity index is 848. The Morgan fingerprint density at radius 1 is 1.25 bits per heavy atom. The van der Waals surface area contributed by atoms with Crippen molar-refractivity contribution in [1.82, 2.24) is 25.6 Å². The van der Waals surface area contributed by atoms with Gasteiger partial charge in [0, 0.05) is 11.6 Å². The zero-order chi connectivity index (χ0) is 16.4. The summed E-state index contributed by atoms with van der Waals surface area (Å²) in [5.74, 6) is -0.0590. The van der Waals surface area contributed by atoms with E-state index in [1.165, 1.54) is 29.5 Å². The molecule has 0 saturated carbocycles. The number of ether oxygens (including phenoxy) is 1. The first kappa shape index (κ1) is 14.4. The van der Waals surface area contributed by atoms with E-state index in [4.69, 9.17) is 9.57 Å². The van der Waals surface area contributed by atoms with E-state index in [9.17, 15) is 4.39 Å². The van der Waals surface area contributed by atoms with E-state index in [1.54, 1.807) is 24.3 Å². The average molecular weight is 329 g/mol. The first-order valence-corrected chi connectivity index (χ1v) is 7.13. The maximum atomic E-state index is 14.3. The number of hydroxylamine groups is 1. The lowest BCUT2D eigenvalue weighted by molar-refractivity contribution is 0.0219. The largest absolute Gasteiger partial charge is 0.472 e. The smallest absolute Gasteiger partial charge is 0.254 e. The Morgan fingerprint density at radius 2 is 2.12 bits per heavy atom. The monoisotopic (exact) mass is 329 g/mol. The number of rotatable bonds is 5. The summed E-state index contributed by atoms with van der Waals surface area (Å²) in [6, 6.07) is 6.35. The predicted molar refractivity (Wildman–Crippen MR) is 79.3 cm³/mol. The van der Waals surface area contributed by atoms with Crippen molar-refractivity contribution < 1.29 is 18.5 Å². The Labute approximate surface area is 135 Å². The van der Waals surface area contributed by atoms with Crippen molar-refractivity contribution in [3.05, 3.63) is 60.4 Å². The van der Waals surface area contributed by atoms with Crippen LogP contribution in [0, 0.1) is 5.82 Å². The van der Waals surface area contributed by atoms with Gasteiger partial charge in [0.15, 0.2) is 5.82 Å². The highest BCUT2D eigenvalue weighted by molar-refractivity contribution is 5.66. The van der Waals surface area contributed by atoms with Gasteiger partial charge in [0.1, 0.15) is 24.7 Å². The number of aromatic nitrogens is 4. The van der Waals surface area contributed by atoms with Crippen molar-refractivity contribution in [2.24, 2.45) is 0 Å². The van der Waals surface area contributed by atoms with Gasteiger partial charge in [-0.1, -0.05) is 6.07 Å². The number of benzene rings is 1. The SMILES string of the molecule is Fc1cc(C2=CC(COc3ccon3)ON2)ccc1-n1nccn1. The second-order valence-electron chi connectivity index (χ2n) is 4.97. The number of hydrogen-bond donors (Lipinski definition) is 1. The molecule has 3 aromatic rings. The number of hydrogen-bond acceptors (Lipinski definition) is 7. The minimum Gasteiger partial charge on any atom is -0.472 e. The molecule has 0 fully saturated rings. The molecule has 1 atom stereocenters. The summed E-state index contributed by atoms with van der Waals surface area (Å²) in [4.78, 5) is 6.61. The molecular weight excluding hydrogens is 317 g/mol. The Balaban J connectivity index is 1.47. The van der Waals surface area contributed by atoms with Crippen molar-refractivity contribution in [3.8, 4) is 11.6 Å². The lowest BCUT2D eigenvalue weighted by Crippen LogP contribution is -2.19.